The third-order valence-electron chi connectivity index (χ3n) is 5.44. The molecule has 0 saturated heterocycles. The lowest BCUT2D eigenvalue weighted by molar-refractivity contribution is -0.123. The maximum absolute atomic E-state index is 12.6. The maximum atomic E-state index is 12.6. The molecular weight excluding hydrogens is 420 g/mol. The molecule has 1 unspecified atom stereocenters. The van der Waals surface area contributed by atoms with Crippen molar-refractivity contribution < 1.29 is 23.9 Å². The number of aryl methyl sites for hydroxylation is 1. The fourth-order valence-electron chi connectivity index (χ4n) is 3.52. The first-order valence-corrected chi connectivity index (χ1v) is 10.6. The van der Waals surface area contributed by atoms with Gasteiger partial charge in [-0.05, 0) is 67.4 Å². The van der Waals surface area contributed by atoms with Crippen molar-refractivity contribution >= 4 is 35.1 Å². The minimum Gasteiger partial charge on any atom is -0.449 e. The number of ether oxygens (including phenoxy) is 1. The summed E-state index contributed by atoms with van der Waals surface area (Å²) >= 11 is 0. The number of hydrogen-bond acceptors (Lipinski definition) is 5. The molecule has 4 rings (SSSR count). The van der Waals surface area contributed by atoms with Gasteiger partial charge in [0, 0.05) is 5.69 Å². The highest BCUT2D eigenvalue weighted by Crippen LogP contribution is 2.28. The molecule has 0 bridgehead atoms. The van der Waals surface area contributed by atoms with Crippen molar-refractivity contribution in [2.45, 2.75) is 26.4 Å². The first-order valence-electron chi connectivity index (χ1n) is 10.6. The van der Waals surface area contributed by atoms with Crippen molar-refractivity contribution in [2.75, 3.05) is 10.2 Å². The Labute approximate surface area is 191 Å². The number of imide groups is 1. The lowest BCUT2D eigenvalue weighted by atomic mass is 10.1. The van der Waals surface area contributed by atoms with Crippen LogP contribution in [-0.2, 0) is 16.0 Å². The van der Waals surface area contributed by atoms with Crippen LogP contribution in [-0.4, -0.2) is 29.8 Å². The van der Waals surface area contributed by atoms with E-state index in [9.17, 15) is 19.2 Å². The van der Waals surface area contributed by atoms with Crippen molar-refractivity contribution in [2.24, 2.45) is 0 Å². The predicted octanol–water partition coefficient (Wildman–Crippen LogP) is 4.23. The third-order valence-corrected chi connectivity index (χ3v) is 5.44. The van der Waals surface area contributed by atoms with Crippen molar-refractivity contribution in [3.8, 4) is 0 Å². The molecule has 0 radical (unpaired) electrons. The molecule has 3 aromatic carbocycles. The van der Waals surface area contributed by atoms with Crippen molar-refractivity contribution in [3.63, 3.8) is 0 Å². The summed E-state index contributed by atoms with van der Waals surface area (Å²) in [4.78, 5) is 51.1. The quantitative estimate of drug-likeness (QED) is 0.455. The SMILES string of the molecule is CCc1ccc(NC(=O)C(C)OC(=O)c2ccc(N3C(=O)c4ccccc4C3=O)cc2)cc1. The summed E-state index contributed by atoms with van der Waals surface area (Å²) in [5.74, 6) is -1.96. The van der Waals surface area contributed by atoms with Crippen LogP contribution < -0.4 is 10.2 Å². The number of nitrogens with one attached hydrogen (secondary N) is 1. The summed E-state index contributed by atoms with van der Waals surface area (Å²) in [5, 5.41) is 2.72. The molecule has 3 aromatic rings. The molecule has 166 valence electrons. The zero-order valence-electron chi connectivity index (χ0n) is 18.2. The van der Waals surface area contributed by atoms with Crippen LogP contribution >= 0.6 is 0 Å². The Balaban J connectivity index is 1.39. The molecule has 0 aromatic heterocycles. The number of nitrogens with zero attached hydrogens (tertiary/aromatic N) is 1. The topological polar surface area (TPSA) is 92.8 Å². The van der Waals surface area contributed by atoms with E-state index in [0.717, 1.165) is 16.9 Å². The van der Waals surface area contributed by atoms with Crippen LogP contribution in [0, 0.1) is 0 Å². The molecule has 0 aliphatic carbocycles. The Hall–Kier alpha value is -4.26. The number of anilines is 2. The highest BCUT2D eigenvalue weighted by molar-refractivity contribution is 6.34. The van der Waals surface area contributed by atoms with E-state index >= 15 is 0 Å². The second-order valence-electron chi connectivity index (χ2n) is 7.63. The molecule has 7 heteroatoms. The lowest BCUT2D eigenvalue weighted by Crippen LogP contribution is -2.30. The number of hydrogen-bond donors (Lipinski definition) is 1. The molecule has 0 fully saturated rings. The van der Waals surface area contributed by atoms with Gasteiger partial charge in [-0.3, -0.25) is 14.4 Å². The zero-order valence-corrected chi connectivity index (χ0v) is 18.2. The maximum Gasteiger partial charge on any atom is 0.338 e. The second kappa shape index (κ2) is 9.08. The van der Waals surface area contributed by atoms with E-state index in [1.807, 2.05) is 19.1 Å². The lowest BCUT2D eigenvalue weighted by Gasteiger charge is -2.16. The number of carbonyl (C=O) groups excluding carboxylic acids is 4. The molecule has 1 aliphatic heterocycles. The molecule has 1 heterocycles. The summed E-state index contributed by atoms with van der Waals surface area (Å²) in [6.07, 6.45) is -0.118. The van der Waals surface area contributed by atoms with Gasteiger partial charge in [-0.25, -0.2) is 9.69 Å². The van der Waals surface area contributed by atoms with Crippen LogP contribution in [0.4, 0.5) is 11.4 Å². The zero-order chi connectivity index (χ0) is 23.5. The van der Waals surface area contributed by atoms with Crippen molar-refractivity contribution in [3.05, 3.63) is 95.1 Å². The van der Waals surface area contributed by atoms with E-state index < -0.39 is 29.8 Å². The predicted molar refractivity (Wildman–Crippen MR) is 123 cm³/mol. The number of amides is 3. The highest BCUT2D eigenvalue weighted by atomic mass is 16.5. The Morgan fingerprint density at radius 3 is 2.00 bits per heavy atom. The fraction of sp³-hybridized carbons (Fsp3) is 0.154. The van der Waals surface area contributed by atoms with E-state index in [1.165, 1.54) is 31.2 Å². The van der Waals surface area contributed by atoms with Crippen LogP contribution in [0.25, 0.3) is 0 Å². The van der Waals surface area contributed by atoms with Crippen LogP contribution in [0.5, 0.6) is 0 Å². The first-order chi connectivity index (χ1) is 15.9. The van der Waals surface area contributed by atoms with Gasteiger partial charge in [0.15, 0.2) is 6.10 Å². The van der Waals surface area contributed by atoms with Gasteiger partial charge in [-0.15, -0.1) is 0 Å². The van der Waals surface area contributed by atoms with Gasteiger partial charge in [-0.1, -0.05) is 31.2 Å². The Morgan fingerprint density at radius 1 is 0.879 bits per heavy atom. The Bertz CT molecular complexity index is 1200. The number of benzene rings is 3. The molecule has 1 aliphatic rings. The fourth-order valence-corrected chi connectivity index (χ4v) is 3.52. The minimum atomic E-state index is -1.01. The summed E-state index contributed by atoms with van der Waals surface area (Å²) in [6.45, 7) is 3.53. The van der Waals surface area contributed by atoms with Gasteiger partial charge in [-0.2, -0.15) is 0 Å². The van der Waals surface area contributed by atoms with E-state index in [-0.39, 0.29) is 5.56 Å². The highest BCUT2D eigenvalue weighted by Gasteiger charge is 2.36. The van der Waals surface area contributed by atoms with Gasteiger partial charge in [0.05, 0.1) is 22.4 Å². The van der Waals surface area contributed by atoms with Crippen LogP contribution in [0.1, 0.15) is 50.5 Å². The normalized spacial score (nSPS) is 13.5. The van der Waals surface area contributed by atoms with Crippen LogP contribution in [0.15, 0.2) is 72.8 Å². The van der Waals surface area contributed by atoms with Gasteiger partial charge >= 0.3 is 5.97 Å². The second-order valence-corrected chi connectivity index (χ2v) is 7.63. The van der Waals surface area contributed by atoms with Crippen molar-refractivity contribution in [1.82, 2.24) is 0 Å². The summed E-state index contributed by atoms with van der Waals surface area (Å²) in [7, 11) is 0. The van der Waals surface area contributed by atoms with E-state index in [1.54, 1.807) is 36.4 Å². The molecule has 7 nitrogen and oxygen atoms in total. The average molecular weight is 442 g/mol. The third kappa shape index (κ3) is 4.39. The monoisotopic (exact) mass is 442 g/mol. The molecule has 33 heavy (non-hydrogen) atoms. The number of fused-ring (bicyclic) bond motifs is 1. The van der Waals surface area contributed by atoms with Crippen LogP contribution in [0.2, 0.25) is 0 Å². The van der Waals surface area contributed by atoms with Gasteiger partial charge in [0.25, 0.3) is 17.7 Å². The Kier molecular flexibility index (Phi) is 6.04. The molecule has 1 atom stereocenters. The number of carbonyl (C=O) groups is 4. The largest absolute Gasteiger partial charge is 0.449 e. The minimum absolute atomic E-state index is 0.197. The van der Waals surface area contributed by atoms with Crippen molar-refractivity contribution in [1.29, 1.82) is 0 Å². The van der Waals surface area contributed by atoms with Crippen LogP contribution in [0.3, 0.4) is 0 Å². The standard InChI is InChI=1S/C26H22N2O5/c1-3-17-8-12-19(13-9-17)27-23(29)16(2)33-26(32)18-10-14-20(15-11-18)28-24(30)21-6-4-5-7-22(21)25(28)31/h4-16H,3H2,1-2H3,(H,27,29). The van der Waals surface area contributed by atoms with E-state index in [0.29, 0.717) is 22.5 Å². The number of rotatable bonds is 6. The molecule has 0 saturated carbocycles. The smallest absolute Gasteiger partial charge is 0.338 e. The molecule has 1 N–H and O–H groups in total. The number of esters is 1. The Morgan fingerprint density at radius 2 is 1.45 bits per heavy atom. The summed E-state index contributed by atoms with van der Waals surface area (Å²) in [6, 6.07) is 19.9. The molecule has 0 spiro atoms. The van der Waals surface area contributed by atoms with E-state index in [4.69, 9.17) is 4.74 Å². The molecule has 3 amide bonds. The first kappa shape index (κ1) is 22.0. The van der Waals surface area contributed by atoms with Gasteiger partial charge < -0.3 is 10.1 Å². The molecular formula is C26H22N2O5. The van der Waals surface area contributed by atoms with E-state index in [2.05, 4.69) is 5.32 Å². The summed E-state index contributed by atoms with van der Waals surface area (Å²) in [5.41, 5.74) is 2.99. The average Bonchev–Trinajstić information content (AvgIpc) is 3.09. The van der Waals surface area contributed by atoms with Gasteiger partial charge in [0.1, 0.15) is 0 Å². The summed E-state index contributed by atoms with van der Waals surface area (Å²) < 4.78 is 5.28. The van der Waals surface area contributed by atoms with Gasteiger partial charge in [0.2, 0.25) is 0 Å².